The monoisotopic (exact) mass is 351 g/mol. The highest BCUT2D eigenvalue weighted by Gasteiger charge is 2.13. The third-order valence-corrected chi connectivity index (χ3v) is 3.82. The molecule has 0 atom stereocenters. The quantitative estimate of drug-likeness (QED) is 0.739. The van der Waals surface area contributed by atoms with Gasteiger partial charge in [-0.1, -0.05) is 0 Å². The summed E-state index contributed by atoms with van der Waals surface area (Å²) in [6, 6.07) is 9.75. The molecule has 0 aliphatic rings. The van der Waals surface area contributed by atoms with Crippen molar-refractivity contribution < 1.29 is 9.18 Å². The molecular formula is C19H18FN5O. The van der Waals surface area contributed by atoms with Crippen molar-refractivity contribution in [2.24, 2.45) is 0 Å². The van der Waals surface area contributed by atoms with Gasteiger partial charge in [0.05, 0.1) is 12.4 Å². The first-order chi connectivity index (χ1) is 12.6. The van der Waals surface area contributed by atoms with Crippen molar-refractivity contribution in [3.63, 3.8) is 0 Å². The smallest absolute Gasteiger partial charge is 0.273 e. The van der Waals surface area contributed by atoms with E-state index in [9.17, 15) is 9.18 Å². The van der Waals surface area contributed by atoms with Crippen LogP contribution in [-0.4, -0.2) is 39.4 Å². The molecule has 0 unspecified atom stereocenters. The van der Waals surface area contributed by atoms with E-state index < -0.39 is 0 Å². The Hall–Kier alpha value is -3.35. The fourth-order valence-electron chi connectivity index (χ4n) is 2.33. The fraction of sp³-hybridized carbons (Fsp3) is 0.158. The van der Waals surface area contributed by atoms with Gasteiger partial charge in [-0.15, -0.1) is 0 Å². The van der Waals surface area contributed by atoms with Crippen LogP contribution < -0.4 is 5.32 Å². The summed E-state index contributed by atoms with van der Waals surface area (Å²) in [6.07, 6.45) is 7.11. The van der Waals surface area contributed by atoms with E-state index >= 15 is 0 Å². The van der Waals surface area contributed by atoms with Gasteiger partial charge in [0, 0.05) is 31.7 Å². The summed E-state index contributed by atoms with van der Waals surface area (Å²) in [5.41, 5.74) is 2.07. The minimum absolute atomic E-state index is 0.195. The van der Waals surface area contributed by atoms with Gasteiger partial charge in [-0.25, -0.2) is 14.4 Å². The van der Waals surface area contributed by atoms with Crippen molar-refractivity contribution in [2.75, 3.05) is 18.9 Å². The van der Waals surface area contributed by atoms with Crippen LogP contribution in [0.2, 0.25) is 0 Å². The largest absolute Gasteiger partial charge is 0.340 e. The maximum atomic E-state index is 12.9. The second-order valence-corrected chi connectivity index (χ2v) is 5.75. The number of hydrogen-bond donors (Lipinski definition) is 1. The van der Waals surface area contributed by atoms with Crippen LogP contribution in [0.25, 0.3) is 0 Å². The SMILES string of the molecule is CN(CCc1ccncc1)C(=O)c1cnc(Nc2ccc(F)cc2)cn1. The van der Waals surface area contributed by atoms with Crippen molar-refractivity contribution in [1.82, 2.24) is 19.9 Å². The van der Waals surface area contributed by atoms with Crippen LogP contribution in [-0.2, 0) is 6.42 Å². The van der Waals surface area contributed by atoms with Gasteiger partial charge in [0.2, 0.25) is 0 Å². The van der Waals surface area contributed by atoms with Crippen molar-refractivity contribution >= 4 is 17.4 Å². The Morgan fingerprint density at radius 3 is 2.46 bits per heavy atom. The summed E-state index contributed by atoms with van der Waals surface area (Å²) in [7, 11) is 1.73. The molecule has 0 spiro atoms. The number of aromatic nitrogens is 3. The number of nitrogens with one attached hydrogen (secondary N) is 1. The zero-order valence-electron chi connectivity index (χ0n) is 14.3. The molecule has 2 aromatic heterocycles. The number of rotatable bonds is 6. The van der Waals surface area contributed by atoms with E-state index in [1.54, 1.807) is 36.5 Å². The number of carbonyl (C=O) groups is 1. The van der Waals surface area contributed by atoms with Crippen molar-refractivity contribution in [1.29, 1.82) is 0 Å². The van der Waals surface area contributed by atoms with Crippen LogP contribution in [0.5, 0.6) is 0 Å². The molecule has 0 aliphatic carbocycles. The van der Waals surface area contributed by atoms with E-state index in [2.05, 4.69) is 20.3 Å². The lowest BCUT2D eigenvalue weighted by atomic mass is 10.2. The molecule has 3 rings (SSSR count). The summed E-state index contributed by atoms with van der Waals surface area (Å²) in [6.45, 7) is 0.570. The van der Waals surface area contributed by atoms with E-state index in [1.807, 2.05) is 12.1 Å². The van der Waals surface area contributed by atoms with Gasteiger partial charge in [-0.3, -0.25) is 9.78 Å². The third-order valence-electron chi connectivity index (χ3n) is 3.82. The Kier molecular flexibility index (Phi) is 5.48. The maximum Gasteiger partial charge on any atom is 0.273 e. The molecule has 2 heterocycles. The summed E-state index contributed by atoms with van der Waals surface area (Å²) >= 11 is 0. The Morgan fingerprint density at radius 2 is 1.81 bits per heavy atom. The highest BCUT2D eigenvalue weighted by molar-refractivity contribution is 5.91. The number of likely N-dealkylation sites (N-methyl/N-ethyl adjacent to an activating group) is 1. The molecule has 0 aliphatic heterocycles. The molecule has 1 amide bonds. The molecule has 26 heavy (non-hydrogen) atoms. The molecule has 0 fully saturated rings. The maximum absolute atomic E-state index is 12.9. The van der Waals surface area contributed by atoms with Gasteiger partial charge in [0.15, 0.2) is 0 Å². The Balaban J connectivity index is 1.58. The van der Waals surface area contributed by atoms with Gasteiger partial charge < -0.3 is 10.2 Å². The van der Waals surface area contributed by atoms with Gasteiger partial charge in [-0.2, -0.15) is 0 Å². The van der Waals surface area contributed by atoms with E-state index in [0.717, 1.165) is 12.0 Å². The van der Waals surface area contributed by atoms with E-state index in [1.165, 1.54) is 24.5 Å². The van der Waals surface area contributed by atoms with Gasteiger partial charge in [-0.05, 0) is 48.4 Å². The number of anilines is 2. The Labute approximate surface area is 150 Å². The zero-order chi connectivity index (χ0) is 18.4. The van der Waals surface area contributed by atoms with Crippen molar-refractivity contribution in [2.45, 2.75) is 6.42 Å². The van der Waals surface area contributed by atoms with Crippen LogP contribution in [0.4, 0.5) is 15.9 Å². The molecule has 0 radical (unpaired) electrons. The predicted octanol–water partition coefficient (Wildman–Crippen LogP) is 3.07. The number of nitrogens with zero attached hydrogens (tertiary/aromatic N) is 4. The summed E-state index contributed by atoms with van der Waals surface area (Å²) in [5, 5.41) is 3.00. The topological polar surface area (TPSA) is 71.0 Å². The van der Waals surface area contributed by atoms with Gasteiger partial charge in [0.25, 0.3) is 5.91 Å². The summed E-state index contributed by atoms with van der Waals surface area (Å²) < 4.78 is 12.9. The zero-order valence-corrected chi connectivity index (χ0v) is 14.3. The van der Waals surface area contributed by atoms with Crippen molar-refractivity contribution in [3.8, 4) is 0 Å². The molecule has 1 aromatic carbocycles. The fourth-order valence-corrected chi connectivity index (χ4v) is 2.33. The van der Waals surface area contributed by atoms with Gasteiger partial charge >= 0.3 is 0 Å². The number of hydrogen-bond acceptors (Lipinski definition) is 5. The molecule has 0 saturated heterocycles. The summed E-state index contributed by atoms with van der Waals surface area (Å²) in [4.78, 5) is 26.4. The average Bonchev–Trinajstić information content (AvgIpc) is 2.69. The van der Waals surface area contributed by atoms with E-state index in [-0.39, 0.29) is 17.4 Å². The van der Waals surface area contributed by atoms with Crippen LogP contribution in [0.1, 0.15) is 16.1 Å². The highest BCUT2D eigenvalue weighted by Crippen LogP contribution is 2.14. The van der Waals surface area contributed by atoms with Crippen LogP contribution in [0.3, 0.4) is 0 Å². The molecule has 132 valence electrons. The standard InChI is InChI=1S/C19H18FN5O/c1-25(11-8-14-6-9-21-10-7-14)19(26)17-12-23-18(13-22-17)24-16-4-2-15(20)3-5-16/h2-7,9-10,12-13H,8,11H2,1H3,(H,23,24). The minimum Gasteiger partial charge on any atom is -0.340 e. The summed E-state index contributed by atoms with van der Waals surface area (Å²) in [5.74, 6) is -0.0233. The number of benzene rings is 1. The molecular weight excluding hydrogens is 333 g/mol. The lowest BCUT2D eigenvalue weighted by Gasteiger charge is -2.16. The average molecular weight is 351 g/mol. The minimum atomic E-state index is -0.308. The van der Waals surface area contributed by atoms with Crippen LogP contribution in [0.15, 0.2) is 61.2 Å². The van der Waals surface area contributed by atoms with Crippen LogP contribution in [0, 0.1) is 5.82 Å². The van der Waals surface area contributed by atoms with E-state index in [4.69, 9.17) is 0 Å². The molecule has 3 aromatic rings. The third kappa shape index (κ3) is 4.60. The molecule has 0 bridgehead atoms. The molecule has 0 saturated carbocycles. The lowest BCUT2D eigenvalue weighted by Crippen LogP contribution is -2.29. The molecule has 7 heteroatoms. The second-order valence-electron chi connectivity index (χ2n) is 5.75. The normalized spacial score (nSPS) is 10.4. The van der Waals surface area contributed by atoms with Gasteiger partial charge in [0.1, 0.15) is 17.3 Å². The number of amides is 1. The second kappa shape index (κ2) is 8.15. The van der Waals surface area contributed by atoms with Crippen LogP contribution >= 0.6 is 0 Å². The molecule has 1 N–H and O–H groups in total. The first-order valence-electron chi connectivity index (χ1n) is 8.11. The molecule has 6 nitrogen and oxygen atoms in total. The number of carbonyl (C=O) groups excluding carboxylic acids is 1. The lowest BCUT2D eigenvalue weighted by molar-refractivity contribution is 0.0790. The Bertz CT molecular complexity index is 853. The van der Waals surface area contributed by atoms with Crippen molar-refractivity contribution in [3.05, 3.63) is 78.3 Å². The highest BCUT2D eigenvalue weighted by atomic mass is 19.1. The predicted molar refractivity (Wildman–Crippen MR) is 96.6 cm³/mol. The first kappa shape index (κ1) is 17.5. The van der Waals surface area contributed by atoms with E-state index in [0.29, 0.717) is 18.1 Å². The Morgan fingerprint density at radius 1 is 1.08 bits per heavy atom. The first-order valence-corrected chi connectivity index (χ1v) is 8.11. The number of halogens is 1. The number of pyridine rings is 1.